The number of non-ortho nitro benzene ring substituents is 1. The number of thiophene rings is 1. The smallest absolute Gasteiger partial charge is 0.271 e. The average molecular weight is 481 g/mol. The van der Waals surface area contributed by atoms with Crippen molar-refractivity contribution >= 4 is 54.5 Å². The maximum atomic E-state index is 12.9. The summed E-state index contributed by atoms with van der Waals surface area (Å²) < 4.78 is 29.8. The Morgan fingerprint density at radius 2 is 2.16 bits per heavy atom. The van der Waals surface area contributed by atoms with E-state index < -0.39 is 20.9 Å². The molecule has 0 spiro atoms. The number of nitro groups is 1. The Morgan fingerprint density at radius 1 is 1.35 bits per heavy atom. The SMILES string of the molecule is CCn1c(=NC(=O)C2CCCN(S(=O)(=O)c3cccs3)C2)sc2ccc([N+](=O)[O-])cc21. The van der Waals surface area contributed by atoms with Crippen molar-refractivity contribution in [3.05, 3.63) is 50.6 Å². The Morgan fingerprint density at radius 3 is 2.84 bits per heavy atom. The van der Waals surface area contributed by atoms with E-state index in [1.807, 2.05) is 6.92 Å². The van der Waals surface area contributed by atoms with Crippen LogP contribution in [-0.4, -0.2) is 41.2 Å². The topological polar surface area (TPSA) is 115 Å². The predicted octanol–water partition coefficient (Wildman–Crippen LogP) is 3.22. The first-order chi connectivity index (χ1) is 14.8. The van der Waals surface area contributed by atoms with Crippen molar-refractivity contribution in [1.29, 1.82) is 0 Å². The van der Waals surface area contributed by atoms with Crippen molar-refractivity contribution in [2.75, 3.05) is 13.1 Å². The third-order valence-corrected chi connectivity index (χ3v) is 9.52. The third-order valence-electron chi connectivity index (χ3n) is 5.22. The molecular formula is C19H20N4O5S3. The largest absolute Gasteiger partial charge is 0.316 e. The number of hydrogen-bond donors (Lipinski definition) is 0. The average Bonchev–Trinajstić information content (AvgIpc) is 3.41. The molecule has 1 aliphatic rings. The number of aromatic nitrogens is 1. The molecule has 1 saturated heterocycles. The molecule has 1 fully saturated rings. The maximum Gasteiger partial charge on any atom is 0.271 e. The van der Waals surface area contributed by atoms with Crippen molar-refractivity contribution < 1.29 is 18.1 Å². The van der Waals surface area contributed by atoms with Crippen LogP contribution in [0.4, 0.5) is 5.69 Å². The molecule has 1 aliphatic heterocycles. The molecule has 1 unspecified atom stereocenters. The van der Waals surface area contributed by atoms with E-state index in [2.05, 4.69) is 4.99 Å². The molecule has 1 atom stereocenters. The number of carbonyl (C=O) groups is 1. The van der Waals surface area contributed by atoms with E-state index in [0.717, 1.165) is 16.0 Å². The van der Waals surface area contributed by atoms with Gasteiger partial charge < -0.3 is 4.57 Å². The first-order valence-corrected chi connectivity index (χ1v) is 12.8. The van der Waals surface area contributed by atoms with Crippen LogP contribution >= 0.6 is 22.7 Å². The zero-order chi connectivity index (χ0) is 22.2. The molecule has 1 aromatic carbocycles. The Labute approximate surface area is 186 Å². The fourth-order valence-electron chi connectivity index (χ4n) is 3.65. The molecule has 12 heteroatoms. The van der Waals surface area contributed by atoms with Crippen molar-refractivity contribution in [1.82, 2.24) is 8.87 Å². The van der Waals surface area contributed by atoms with E-state index in [9.17, 15) is 23.3 Å². The molecule has 3 heterocycles. The molecule has 3 aromatic rings. The summed E-state index contributed by atoms with van der Waals surface area (Å²) in [5, 5.41) is 12.8. The van der Waals surface area contributed by atoms with Crippen LogP contribution in [0.5, 0.6) is 0 Å². The molecule has 1 amide bonds. The Hall–Kier alpha value is -2.41. The van der Waals surface area contributed by atoms with Gasteiger partial charge in [0.25, 0.3) is 21.6 Å². The zero-order valence-corrected chi connectivity index (χ0v) is 19.1. The highest BCUT2D eigenvalue weighted by Crippen LogP contribution is 2.27. The lowest BCUT2D eigenvalue weighted by Gasteiger charge is -2.29. The fourth-order valence-corrected chi connectivity index (χ4v) is 7.40. The normalized spacial score (nSPS) is 18.5. The summed E-state index contributed by atoms with van der Waals surface area (Å²) in [4.78, 5) is 28.4. The zero-order valence-electron chi connectivity index (χ0n) is 16.6. The molecule has 164 valence electrons. The Bertz CT molecular complexity index is 1310. The molecule has 2 aromatic heterocycles. The lowest BCUT2D eigenvalue weighted by molar-refractivity contribution is -0.384. The summed E-state index contributed by atoms with van der Waals surface area (Å²) in [6.45, 7) is 2.86. The second-order valence-corrected chi connectivity index (χ2v) is 11.2. The molecule has 0 aliphatic carbocycles. The van der Waals surface area contributed by atoms with Gasteiger partial charge in [0.1, 0.15) is 4.21 Å². The van der Waals surface area contributed by atoms with Gasteiger partial charge in [-0.15, -0.1) is 11.3 Å². The van der Waals surface area contributed by atoms with Gasteiger partial charge >= 0.3 is 0 Å². The minimum Gasteiger partial charge on any atom is -0.316 e. The number of nitro benzene ring substituents is 1. The van der Waals surface area contributed by atoms with Gasteiger partial charge in [-0.05, 0) is 37.3 Å². The van der Waals surface area contributed by atoms with E-state index in [4.69, 9.17) is 0 Å². The minimum absolute atomic E-state index is 0.0212. The van der Waals surface area contributed by atoms with Gasteiger partial charge in [0.15, 0.2) is 4.80 Å². The van der Waals surface area contributed by atoms with Crippen molar-refractivity contribution in [2.45, 2.75) is 30.5 Å². The standard InChI is InChI=1S/C19H20N4O5S3/c1-2-22-15-11-14(23(25)26)7-8-16(15)30-19(22)20-18(24)13-5-3-9-21(12-13)31(27,28)17-6-4-10-29-17/h4,6-8,10-11,13H,2-3,5,9,12H2,1H3. The van der Waals surface area contributed by atoms with E-state index in [0.29, 0.717) is 36.2 Å². The van der Waals surface area contributed by atoms with Gasteiger partial charge in [-0.3, -0.25) is 14.9 Å². The predicted molar refractivity (Wildman–Crippen MR) is 119 cm³/mol. The van der Waals surface area contributed by atoms with Gasteiger partial charge in [0.2, 0.25) is 0 Å². The summed E-state index contributed by atoms with van der Waals surface area (Å²) >= 11 is 2.45. The molecular weight excluding hydrogens is 460 g/mol. The highest BCUT2D eigenvalue weighted by atomic mass is 32.2. The minimum atomic E-state index is -3.61. The van der Waals surface area contributed by atoms with Crippen molar-refractivity contribution in [2.24, 2.45) is 10.9 Å². The fraction of sp³-hybridized carbons (Fsp3) is 0.368. The molecule has 0 N–H and O–H groups in total. The number of aryl methyl sites for hydroxylation is 1. The lowest BCUT2D eigenvalue weighted by atomic mass is 9.99. The molecule has 31 heavy (non-hydrogen) atoms. The van der Waals surface area contributed by atoms with E-state index in [1.54, 1.807) is 28.1 Å². The first kappa shape index (κ1) is 21.8. The van der Waals surface area contributed by atoms with Crippen LogP contribution in [0.3, 0.4) is 0 Å². The number of rotatable bonds is 5. The van der Waals surface area contributed by atoms with Gasteiger partial charge in [0.05, 0.1) is 21.1 Å². The number of carbonyl (C=O) groups excluding carboxylic acids is 1. The van der Waals surface area contributed by atoms with E-state index >= 15 is 0 Å². The monoisotopic (exact) mass is 480 g/mol. The Balaban J connectivity index is 1.64. The summed E-state index contributed by atoms with van der Waals surface area (Å²) in [5.74, 6) is -0.886. The van der Waals surface area contributed by atoms with Gasteiger partial charge in [-0.1, -0.05) is 17.4 Å². The second-order valence-electron chi connectivity index (χ2n) is 7.12. The molecule has 0 saturated carbocycles. The van der Waals surface area contributed by atoms with Gasteiger partial charge in [-0.2, -0.15) is 9.30 Å². The van der Waals surface area contributed by atoms with Crippen LogP contribution in [0.15, 0.2) is 44.9 Å². The summed E-state index contributed by atoms with van der Waals surface area (Å²) in [5.41, 5.74) is 0.630. The molecule has 4 rings (SSSR count). The van der Waals surface area contributed by atoms with E-state index in [1.165, 1.54) is 27.8 Å². The lowest BCUT2D eigenvalue weighted by Crippen LogP contribution is -2.42. The molecule has 9 nitrogen and oxygen atoms in total. The highest BCUT2D eigenvalue weighted by molar-refractivity contribution is 7.91. The van der Waals surface area contributed by atoms with Gasteiger partial charge in [-0.25, -0.2) is 8.42 Å². The van der Waals surface area contributed by atoms with Crippen molar-refractivity contribution in [3.8, 4) is 0 Å². The number of hydrogen-bond acceptors (Lipinski definition) is 7. The van der Waals surface area contributed by atoms with Crippen LogP contribution in [0, 0.1) is 16.0 Å². The number of piperidine rings is 1. The summed E-state index contributed by atoms with van der Waals surface area (Å²) in [6, 6.07) is 7.82. The second kappa shape index (κ2) is 8.61. The maximum absolute atomic E-state index is 12.9. The first-order valence-electron chi connectivity index (χ1n) is 9.71. The number of nitrogens with zero attached hydrogens (tertiary/aromatic N) is 4. The van der Waals surface area contributed by atoms with Crippen molar-refractivity contribution in [3.63, 3.8) is 0 Å². The summed E-state index contributed by atoms with van der Waals surface area (Å²) in [7, 11) is -3.61. The molecule has 0 bridgehead atoms. The van der Waals surface area contributed by atoms with Crippen LogP contribution in [0.1, 0.15) is 19.8 Å². The third kappa shape index (κ3) is 4.20. The quantitative estimate of drug-likeness (QED) is 0.411. The van der Waals surface area contributed by atoms with Crippen LogP contribution < -0.4 is 4.80 Å². The number of thiazole rings is 1. The van der Waals surface area contributed by atoms with Gasteiger partial charge in [0, 0.05) is 31.8 Å². The number of amides is 1. The van der Waals surface area contributed by atoms with Crippen LogP contribution in [0.2, 0.25) is 0 Å². The number of benzene rings is 1. The van der Waals surface area contributed by atoms with Crippen LogP contribution in [0.25, 0.3) is 10.2 Å². The summed E-state index contributed by atoms with van der Waals surface area (Å²) in [6.07, 6.45) is 1.16. The van der Waals surface area contributed by atoms with E-state index in [-0.39, 0.29) is 22.3 Å². The highest BCUT2D eigenvalue weighted by Gasteiger charge is 2.33. The molecule has 0 radical (unpaired) electrons. The number of sulfonamides is 1. The number of fused-ring (bicyclic) bond motifs is 1. The van der Waals surface area contributed by atoms with Crippen LogP contribution in [-0.2, 0) is 21.4 Å². The Kier molecular flexibility index (Phi) is 6.06.